The third kappa shape index (κ3) is 4.26. The molecule has 1 saturated carbocycles. The van der Waals surface area contributed by atoms with Crippen molar-refractivity contribution in [3.8, 4) is 0 Å². The normalized spacial score (nSPS) is 22.3. The zero-order chi connectivity index (χ0) is 24.7. The van der Waals surface area contributed by atoms with Gasteiger partial charge in [-0.05, 0) is 57.6 Å². The van der Waals surface area contributed by atoms with Gasteiger partial charge in [-0.25, -0.2) is 9.78 Å². The van der Waals surface area contributed by atoms with E-state index in [9.17, 15) is 14.7 Å². The van der Waals surface area contributed by atoms with Gasteiger partial charge in [0.2, 0.25) is 11.8 Å². The molecule has 2 aromatic heterocycles. The molecule has 1 aliphatic heterocycles. The van der Waals surface area contributed by atoms with E-state index >= 15 is 0 Å². The number of carboxylic acid groups (broad SMARTS) is 1. The van der Waals surface area contributed by atoms with Crippen molar-refractivity contribution in [2.24, 2.45) is 5.92 Å². The lowest BCUT2D eigenvalue weighted by Crippen LogP contribution is -2.42. The number of hydrogen-bond donors (Lipinski definition) is 1. The maximum atomic E-state index is 12.5. The number of carboxylic acids is 1. The summed E-state index contributed by atoms with van der Waals surface area (Å²) >= 11 is 0. The second-order valence-corrected chi connectivity index (χ2v) is 9.62. The van der Waals surface area contributed by atoms with Crippen molar-refractivity contribution in [1.29, 1.82) is 0 Å². The van der Waals surface area contributed by atoms with Gasteiger partial charge in [-0.2, -0.15) is 0 Å². The number of carbonyl (C=O) groups excluding carboxylic acids is 1. The number of fused-ring (bicyclic) bond motifs is 3. The van der Waals surface area contributed by atoms with Crippen LogP contribution in [-0.2, 0) is 28.8 Å². The fourth-order valence-electron chi connectivity index (χ4n) is 5.65. The number of methoxy groups -OCH3 is 1. The van der Waals surface area contributed by atoms with Crippen molar-refractivity contribution in [2.75, 3.05) is 12.0 Å². The molecule has 1 aromatic carbocycles. The van der Waals surface area contributed by atoms with Crippen LogP contribution in [0.25, 0.3) is 11.0 Å². The van der Waals surface area contributed by atoms with Crippen LogP contribution in [0, 0.1) is 12.8 Å². The Balaban J connectivity index is 1.56. The maximum absolute atomic E-state index is 12.5. The van der Waals surface area contributed by atoms with E-state index in [-0.39, 0.29) is 24.1 Å². The van der Waals surface area contributed by atoms with Gasteiger partial charge in [0, 0.05) is 37.4 Å². The van der Waals surface area contributed by atoms with Gasteiger partial charge in [-0.3, -0.25) is 9.69 Å². The summed E-state index contributed by atoms with van der Waals surface area (Å²) in [6, 6.07) is 4.25. The van der Waals surface area contributed by atoms with E-state index in [4.69, 9.17) is 14.1 Å². The summed E-state index contributed by atoms with van der Waals surface area (Å²) < 4.78 is 12.9. The number of aliphatic carboxylic acids is 1. The highest BCUT2D eigenvalue weighted by molar-refractivity contribution is 5.95. The number of anilines is 1. The van der Waals surface area contributed by atoms with Gasteiger partial charge < -0.3 is 18.8 Å². The van der Waals surface area contributed by atoms with Gasteiger partial charge in [0.05, 0.1) is 29.7 Å². The molecule has 0 saturated heterocycles. The van der Waals surface area contributed by atoms with E-state index in [2.05, 4.69) is 14.8 Å². The predicted octanol–water partition coefficient (Wildman–Crippen LogP) is 4.24. The molecule has 3 aromatic rings. The third-order valence-electron chi connectivity index (χ3n) is 7.44. The molecule has 35 heavy (non-hydrogen) atoms. The molecule has 10 nitrogen and oxygen atoms in total. The van der Waals surface area contributed by atoms with Crippen LogP contribution in [0.2, 0.25) is 0 Å². The largest absolute Gasteiger partial charge is 0.481 e. The Bertz CT molecular complexity index is 1260. The van der Waals surface area contributed by atoms with Gasteiger partial charge in [0.25, 0.3) is 0 Å². The number of carbonyl (C=O) groups is 2. The van der Waals surface area contributed by atoms with Crippen molar-refractivity contribution in [3.05, 3.63) is 35.3 Å². The van der Waals surface area contributed by atoms with Crippen molar-refractivity contribution in [1.82, 2.24) is 19.7 Å². The lowest BCUT2D eigenvalue weighted by molar-refractivity contribution is -0.143. The summed E-state index contributed by atoms with van der Waals surface area (Å²) in [5.41, 5.74) is 3.83. The number of rotatable bonds is 5. The molecule has 5 rings (SSSR count). The first-order valence-electron chi connectivity index (χ1n) is 12.3. The molecule has 1 atom stereocenters. The van der Waals surface area contributed by atoms with E-state index in [1.165, 1.54) is 7.11 Å². The minimum absolute atomic E-state index is 0.0426. The summed E-state index contributed by atoms with van der Waals surface area (Å²) in [6.07, 6.45) is 5.37. The van der Waals surface area contributed by atoms with Crippen LogP contribution >= 0.6 is 0 Å². The summed E-state index contributed by atoms with van der Waals surface area (Å²) in [5, 5.41) is 17.5. The van der Waals surface area contributed by atoms with Crippen LogP contribution in [0.15, 0.2) is 16.5 Å². The molecule has 1 fully saturated rings. The topological polar surface area (TPSA) is 124 Å². The third-order valence-corrected chi connectivity index (χ3v) is 7.44. The number of aromatic nitrogens is 4. The minimum atomic E-state index is -0.711. The zero-order valence-electron chi connectivity index (χ0n) is 20.4. The Hall–Kier alpha value is -3.43. The lowest BCUT2D eigenvalue weighted by Gasteiger charge is -2.34. The molecule has 0 bridgehead atoms. The van der Waals surface area contributed by atoms with Gasteiger partial charge in [0.15, 0.2) is 0 Å². The van der Waals surface area contributed by atoms with E-state index in [0.29, 0.717) is 37.5 Å². The van der Waals surface area contributed by atoms with Crippen molar-refractivity contribution in [3.63, 3.8) is 0 Å². The molecule has 1 N–H and O–H groups in total. The van der Waals surface area contributed by atoms with E-state index in [0.717, 1.165) is 53.8 Å². The SMILES string of the molecule is COC(=O)N1c2ccc3c(nc(CCc4nnc(C)o4)n3C3CCC(C(=O)O)CC3)c2CC[C@@H]1C. The molecule has 1 amide bonds. The Morgan fingerprint density at radius 3 is 2.57 bits per heavy atom. The average molecular weight is 482 g/mol. The Labute approximate surface area is 203 Å². The lowest BCUT2D eigenvalue weighted by atomic mass is 9.85. The molecule has 0 unspecified atom stereocenters. The van der Waals surface area contributed by atoms with Crippen molar-refractivity contribution < 1.29 is 23.8 Å². The number of hydrogen-bond acceptors (Lipinski definition) is 7. The standard InChI is InChI=1S/C25H31N5O5/c1-14-4-9-18-19(29(14)25(33)34-3)10-11-20-23(18)26-21(12-13-22-28-27-15(2)35-22)30(20)17-7-5-16(6-8-17)24(31)32/h10-11,14,16-17H,4-9,12-13H2,1-3H3,(H,31,32)/t14-,16?,17?/m0/s1. The number of amides is 1. The number of benzene rings is 1. The maximum Gasteiger partial charge on any atom is 0.414 e. The second-order valence-electron chi connectivity index (χ2n) is 9.62. The average Bonchev–Trinajstić information content (AvgIpc) is 3.45. The molecule has 0 radical (unpaired) electrons. The van der Waals surface area contributed by atoms with Crippen LogP contribution in [0.1, 0.15) is 68.2 Å². The van der Waals surface area contributed by atoms with Gasteiger partial charge in [-0.1, -0.05) is 0 Å². The fraction of sp³-hybridized carbons (Fsp3) is 0.560. The van der Waals surface area contributed by atoms with Crippen LogP contribution in [0.4, 0.5) is 10.5 Å². The molecule has 0 spiro atoms. The molecule has 10 heteroatoms. The molecular weight excluding hydrogens is 450 g/mol. The van der Waals surface area contributed by atoms with Crippen LogP contribution in [0.3, 0.4) is 0 Å². The number of aryl methyl sites for hydroxylation is 4. The second kappa shape index (κ2) is 9.31. The van der Waals surface area contributed by atoms with Crippen molar-refractivity contribution >= 4 is 28.8 Å². The summed E-state index contributed by atoms with van der Waals surface area (Å²) in [5.74, 6) is 1.03. The Morgan fingerprint density at radius 2 is 1.91 bits per heavy atom. The highest BCUT2D eigenvalue weighted by Gasteiger charge is 2.33. The Morgan fingerprint density at radius 1 is 1.14 bits per heavy atom. The first kappa shape index (κ1) is 23.3. The quantitative estimate of drug-likeness (QED) is 0.574. The Kier molecular flexibility index (Phi) is 6.21. The van der Waals surface area contributed by atoms with Crippen molar-refractivity contribution in [2.45, 2.75) is 77.3 Å². The van der Waals surface area contributed by atoms with E-state index in [1.54, 1.807) is 11.8 Å². The molecule has 186 valence electrons. The first-order valence-corrected chi connectivity index (χ1v) is 12.3. The van der Waals surface area contributed by atoms with Gasteiger partial charge in [-0.15, -0.1) is 10.2 Å². The van der Waals surface area contributed by atoms with Gasteiger partial charge in [0.1, 0.15) is 5.82 Å². The zero-order valence-corrected chi connectivity index (χ0v) is 20.4. The number of nitrogens with zero attached hydrogens (tertiary/aromatic N) is 5. The van der Waals surface area contributed by atoms with E-state index < -0.39 is 5.97 Å². The summed E-state index contributed by atoms with van der Waals surface area (Å²) in [4.78, 5) is 30.9. The van der Waals surface area contributed by atoms with E-state index in [1.807, 2.05) is 19.1 Å². The van der Waals surface area contributed by atoms with Gasteiger partial charge >= 0.3 is 12.1 Å². The fourth-order valence-corrected chi connectivity index (χ4v) is 5.65. The monoisotopic (exact) mass is 481 g/mol. The summed E-state index contributed by atoms with van der Waals surface area (Å²) in [6.45, 7) is 3.80. The van der Waals surface area contributed by atoms with Crippen LogP contribution in [-0.4, -0.2) is 50.1 Å². The van der Waals surface area contributed by atoms with Crippen LogP contribution in [0.5, 0.6) is 0 Å². The number of ether oxygens (including phenoxy) is 1. The number of imidazole rings is 1. The smallest absolute Gasteiger partial charge is 0.414 e. The minimum Gasteiger partial charge on any atom is -0.481 e. The molecular formula is C25H31N5O5. The summed E-state index contributed by atoms with van der Waals surface area (Å²) in [7, 11) is 1.40. The highest BCUT2D eigenvalue weighted by atomic mass is 16.5. The molecule has 3 heterocycles. The molecule has 2 aliphatic rings. The van der Waals surface area contributed by atoms with Crippen LogP contribution < -0.4 is 4.90 Å². The predicted molar refractivity (Wildman–Crippen MR) is 127 cm³/mol. The first-order chi connectivity index (χ1) is 16.9. The highest BCUT2D eigenvalue weighted by Crippen LogP contribution is 2.40. The molecule has 1 aliphatic carbocycles.